The van der Waals surface area contributed by atoms with Gasteiger partial charge < -0.3 is 10.1 Å². The van der Waals surface area contributed by atoms with Gasteiger partial charge in [0.05, 0.1) is 10.6 Å². The second-order valence-corrected chi connectivity index (χ2v) is 6.25. The molecule has 0 radical (unpaired) electrons. The van der Waals surface area contributed by atoms with E-state index in [0.717, 1.165) is 28.9 Å². The molecular formula is C17H11ClF4N6O3. The van der Waals surface area contributed by atoms with Crippen LogP contribution in [0.4, 0.5) is 29.2 Å². The predicted octanol–water partition coefficient (Wildman–Crippen LogP) is 3.25. The topological polar surface area (TPSA) is 111 Å². The number of alkyl halides is 2. The molecule has 14 heteroatoms. The standard InChI is InChI=1S/C17H11ClF4N6O3/c1-28-17(25-26-27-28)24-15(30)10-2-3-11(31-16(21)22)13(12(10)18)23-14(29)7-4-8(19)6-9(20)5-7/h2-6,16H,1H3,(H,23,29)(H,24,25,27,30). The number of carbonyl (C=O) groups is 2. The minimum atomic E-state index is -3.29. The fourth-order valence-electron chi connectivity index (χ4n) is 2.42. The Morgan fingerprint density at radius 2 is 1.77 bits per heavy atom. The van der Waals surface area contributed by atoms with E-state index in [1.807, 2.05) is 0 Å². The van der Waals surface area contributed by atoms with E-state index >= 15 is 0 Å². The van der Waals surface area contributed by atoms with E-state index in [4.69, 9.17) is 11.6 Å². The van der Waals surface area contributed by atoms with Crippen LogP contribution >= 0.6 is 11.6 Å². The van der Waals surface area contributed by atoms with Crippen LogP contribution in [0.2, 0.25) is 5.02 Å². The van der Waals surface area contributed by atoms with Crippen LogP contribution in [0.15, 0.2) is 30.3 Å². The van der Waals surface area contributed by atoms with E-state index in [0.29, 0.717) is 6.07 Å². The molecule has 1 heterocycles. The average molecular weight is 459 g/mol. The van der Waals surface area contributed by atoms with E-state index in [2.05, 4.69) is 30.9 Å². The number of rotatable bonds is 6. The Balaban J connectivity index is 1.97. The van der Waals surface area contributed by atoms with Crippen LogP contribution in [0.5, 0.6) is 5.75 Å². The number of hydrogen-bond donors (Lipinski definition) is 2. The zero-order valence-electron chi connectivity index (χ0n) is 15.4. The lowest BCUT2D eigenvalue weighted by atomic mass is 10.1. The molecule has 31 heavy (non-hydrogen) atoms. The minimum Gasteiger partial charge on any atom is -0.433 e. The Bertz CT molecular complexity index is 1140. The molecule has 2 amide bonds. The van der Waals surface area contributed by atoms with Crippen LogP contribution in [0.25, 0.3) is 0 Å². The molecule has 0 unspecified atom stereocenters. The van der Waals surface area contributed by atoms with Crippen LogP contribution in [0.1, 0.15) is 20.7 Å². The molecule has 162 valence electrons. The molecule has 2 aromatic carbocycles. The number of benzene rings is 2. The van der Waals surface area contributed by atoms with E-state index in [9.17, 15) is 27.2 Å². The van der Waals surface area contributed by atoms with Crippen molar-refractivity contribution in [2.45, 2.75) is 6.61 Å². The summed E-state index contributed by atoms with van der Waals surface area (Å²) >= 11 is 6.16. The molecule has 0 aliphatic carbocycles. The third kappa shape index (κ3) is 5.06. The lowest BCUT2D eigenvalue weighted by Gasteiger charge is -2.16. The third-order valence-electron chi connectivity index (χ3n) is 3.77. The first-order valence-corrected chi connectivity index (χ1v) is 8.62. The molecule has 3 rings (SSSR count). The molecule has 0 saturated carbocycles. The SMILES string of the molecule is Cn1nnnc1NC(=O)c1ccc(OC(F)F)c(NC(=O)c2cc(F)cc(F)c2)c1Cl. The van der Waals surface area contributed by atoms with Crippen molar-refractivity contribution >= 4 is 35.1 Å². The number of amides is 2. The van der Waals surface area contributed by atoms with E-state index < -0.39 is 52.1 Å². The highest BCUT2D eigenvalue weighted by Crippen LogP contribution is 2.37. The van der Waals surface area contributed by atoms with Crippen LogP contribution in [0.3, 0.4) is 0 Å². The van der Waals surface area contributed by atoms with Gasteiger partial charge in [-0.05, 0) is 34.7 Å². The first-order valence-electron chi connectivity index (χ1n) is 8.24. The van der Waals surface area contributed by atoms with Crippen molar-refractivity contribution in [1.82, 2.24) is 20.2 Å². The number of carbonyl (C=O) groups excluding carboxylic acids is 2. The summed E-state index contributed by atoms with van der Waals surface area (Å²) < 4.78 is 57.8. The Morgan fingerprint density at radius 3 is 2.35 bits per heavy atom. The number of nitrogens with zero attached hydrogens (tertiary/aromatic N) is 4. The lowest BCUT2D eigenvalue weighted by Crippen LogP contribution is -2.19. The molecule has 2 N–H and O–H groups in total. The number of halogens is 5. The summed E-state index contributed by atoms with van der Waals surface area (Å²) in [5.41, 5.74) is -1.23. The van der Waals surface area contributed by atoms with Crippen molar-refractivity contribution in [3.8, 4) is 5.75 Å². The molecule has 3 aromatic rings. The summed E-state index contributed by atoms with van der Waals surface area (Å²) in [6.07, 6.45) is 0. The molecule has 0 bridgehead atoms. The van der Waals surface area contributed by atoms with Crippen molar-refractivity contribution in [2.24, 2.45) is 7.05 Å². The fraction of sp³-hybridized carbons (Fsp3) is 0.118. The third-order valence-corrected chi connectivity index (χ3v) is 4.17. The van der Waals surface area contributed by atoms with Gasteiger partial charge >= 0.3 is 6.61 Å². The van der Waals surface area contributed by atoms with Gasteiger partial charge in [0.15, 0.2) is 5.75 Å². The molecule has 0 atom stereocenters. The number of aromatic nitrogens is 4. The minimum absolute atomic E-state index is 0.0465. The quantitative estimate of drug-likeness (QED) is 0.549. The highest BCUT2D eigenvalue weighted by molar-refractivity contribution is 6.38. The highest BCUT2D eigenvalue weighted by Gasteiger charge is 2.23. The van der Waals surface area contributed by atoms with Gasteiger partial charge in [0.1, 0.15) is 17.3 Å². The van der Waals surface area contributed by atoms with Gasteiger partial charge in [0, 0.05) is 18.7 Å². The summed E-state index contributed by atoms with van der Waals surface area (Å²) in [5.74, 6) is -4.62. The zero-order valence-corrected chi connectivity index (χ0v) is 16.1. The lowest BCUT2D eigenvalue weighted by molar-refractivity contribution is -0.0493. The number of aryl methyl sites for hydroxylation is 1. The maximum Gasteiger partial charge on any atom is 0.387 e. The van der Waals surface area contributed by atoms with Crippen LogP contribution in [-0.2, 0) is 7.05 Å². The van der Waals surface area contributed by atoms with Crippen LogP contribution in [-0.4, -0.2) is 38.6 Å². The van der Waals surface area contributed by atoms with E-state index in [-0.39, 0.29) is 11.5 Å². The predicted molar refractivity (Wildman–Crippen MR) is 99.1 cm³/mol. The van der Waals surface area contributed by atoms with Crippen molar-refractivity contribution in [3.63, 3.8) is 0 Å². The largest absolute Gasteiger partial charge is 0.433 e. The van der Waals surface area contributed by atoms with Gasteiger partial charge in [-0.25, -0.2) is 13.5 Å². The summed E-state index contributed by atoms with van der Waals surface area (Å²) in [7, 11) is 1.45. The Kier molecular flexibility index (Phi) is 6.34. The normalized spacial score (nSPS) is 10.8. The molecule has 0 aliphatic rings. The zero-order chi connectivity index (χ0) is 22.7. The van der Waals surface area contributed by atoms with Crippen molar-refractivity contribution in [1.29, 1.82) is 0 Å². The van der Waals surface area contributed by atoms with Crippen molar-refractivity contribution in [3.05, 3.63) is 58.1 Å². The smallest absolute Gasteiger partial charge is 0.387 e. The monoisotopic (exact) mass is 458 g/mol. The van der Waals surface area contributed by atoms with Gasteiger partial charge in [-0.3, -0.25) is 14.9 Å². The van der Waals surface area contributed by atoms with Crippen LogP contribution < -0.4 is 15.4 Å². The molecule has 1 aromatic heterocycles. The molecule has 0 spiro atoms. The van der Waals surface area contributed by atoms with Gasteiger partial charge in [-0.1, -0.05) is 16.7 Å². The van der Waals surface area contributed by atoms with Crippen molar-refractivity contribution in [2.75, 3.05) is 10.6 Å². The second kappa shape index (κ2) is 8.95. The van der Waals surface area contributed by atoms with Gasteiger partial charge in [0.2, 0.25) is 5.95 Å². The first kappa shape index (κ1) is 22.0. The molecule has 9 nitrogen and oxygen atoms in total. The second-order valence-electron chi connectivity index (χ2n) is 5.87. The first-order chi connectivity index (χ1) is 14.7. The fourth-order valence-corrected chi connectivity index (χ4v) is 2.71. The Morgan fingerprint density at radius 1 is 1.10 bits per heavy atom. The van der Waals surface area contributed by atoms with Gasteiger partial charge in [0.25, 0.3) is 11.8 Å². The number of hydrogen-bond acceptors (Lipinski definition) is 6. The molecule has 0 fully saturated rings. The van der Waals surface area contributed by atoms with Crippen LogP contribution in [0, 0.1) is 11.6 Å². The summed E-state index contributed by atoms with van der Waals surface area (Å²) in [6, 6.07) is 4.01. The summed E-state index contributed by atoms with van der Waals surface area (Å²) in [5, 5.41) is 14.4. The van der Waals surface area contributed by atoms with E-state index in [1.54, 1.807) is 0 Å². The average Bonchev–Trinajstić information content (AvgIpc) is 3.07. The Labute approximate surface area is 175 Å². The van der Waals surface area contributed by atoms with Gasteiger partial charge in [-0.15, -0.1) is 0 Å². The number of ether oxygens (including phenoxy) is 1. The number of anilines is 2. The van der Waals surface area contributed by atoms with Gasteiger partial charge in [-0.2, -0.15) is 8.78 Å². The molecule has 0 saturated heterocycles. The molecular weight excluding hydrogens is 448 g/mol. The van der Waals surface area contributed by atoms with E-state index in [1.165, 1.54) is 7.05 Å². The molecule has 0 aliphatic heterocycles. The maximum absolute atomic E-state index is 13.4. The number of nitrogens with one attached hydrogen (secondary N) is 2. The highest BCUT2D eigenvalue weighted by atomic mass is 35.5. The summed E-state index contributed by atoms with van der Waals surface area (Å²) in [6.45, 7) is -3.29. The number of tetrazole rings is 1. The summed E-state index contributed by atoms with van der Waals surface area (Å²) in [4.78, 5) is 24.9. The Hall–Kier alpha value is -3.74. The maximum atomic E-state index is 13.4. The van der Waals surface area contributed by atoms with Crippen molar-refractivity contribution < 1.29 is 31.9 Å².